The number of benzene rings is 2. The van der Waals surface area contributed by atoms with Crippen molar-refractivity contribution >= 4 is 54.5 Å². The minimum Gasteiger partial charge on any atom is -0.461 e. The number of esters is 1. The van der Waals surface area contributed by atoms with Gasteiger partial charge in [-0.3, -0.25) is 0 Å². The summed E-state index contributed by atoms with van der Waals surface area (Å²) in [5.41, 5.74) is 4.23. The lowest BCUT2D eigenvalue weighted by atomic mass is 10.1. The molecule has 0 saturated heterocycles. The van der Waals surface area contributed by atoms with Crippen molar-refractivity contribution in [2.45, 2.75) is 18.0 Å². The van der Waals surface area contributed by atoms with Crippen molar-refractivity contribution in [1.82, 2.24) is 10.2 Å². The molecule has 8 nitrogen and oxygen atoms in total. The summed E-state index contributed by atoms with van der Waals surface area (Å²) in [5, 5.41) is 8.34. The Morgan fingerprint density at radius 3 is 2.50 bits per heavy atom. The van der Waals surface area contributed by atoms with E-state index in [0.717, 1.165) is 29.7 Å². The van der Waals surface area contributed by atoms with E-state index in [1.54, 1.807) is 13.0 Å². The summed E-state index contributed by atoms with van der Waals surface area (Å²) in [7, 11) is -3.50. The summed E-state index contributed by atoms with van der Waals surface area (Å²) >= 11 is 4.07. The smallest absolute Gasteiger partial charge is 0.418 e. The van der Waals surface area contributed by atoms with Crippen LogP contribution in [-0.2, 0) is 25.5 Å². The summed E-state index contributed by atoms with van der Waals surface area (Å²) in [6.45, 7) is 1.58. The van der Waals surface area contributed by atoms with Crippen LogP contribution in [0.3, 0.4) is 0 Å². The van der Waals surface area contributed by atoms with E-state index < -0.39 is 38.9 Å². The molecule has 2 aromatic carbocycles. The second-order valence-corrected chi connectivity index (χ2v) is 10.9. The molecule has 0 amide bonds. The molecule has 0 aliphatic carbocycles. The molecule has 0 bridgehead atoms. The first kappa shape index (κ1) is 27.5. The number of nitrogens with two attached hydrogens (primary N) is 1. The normalized spacial score (nSPS) is 13.3. The summed E-state index contributed by atoms with van der Waals surface area (Å²) in [4.78, 5) is 16.4. The molecule has 0 aliphatic heterocycles. The third-order valence-electron chi connectivity index (χ3n) is 4.52. The van der Waals surface area contributed by atoms with E-state index >= 15 is 0 Å². The van der Waals surface area contributed by atoms with Crippen LogP contribution in [0.5, 0.6) is 0 Å². The number of halogens is 4. The van der Waals surface area contributed by atoms with Gasteiger partial charge in [0.15, 0.2) is 14.8 Å². The molecule has 2 N–H and O–H groups in total. The fourth-order valence-electron chi connectivity index (χ4n) is 2.84. The van der Waals surface area contributed by atoms with Crippen molar-refractivity contribution in [3.8, 4) is 10.6 Å². The monoisotopic (exact) mass is 602 g/mol. The SMILES string of the molecule is CCOC(=O)C(N)=C(Br)C(=Nc1ccccc1C(F)(F)F)c1nnc(-c2cccc(S(C)(=O)=O)c2)s1. The Kier molecular flexibility index (Phi) is 8.31. The zero-order valence-electron chi connectivity index (χ0n) is 18.7. The summed E-state index contributed by atoms with van der Waals surface area (Å²) in [5.74, 6) is -0.910. The van der Waals surface area contributed by atoms with Crippen molar-refractivity contribution in [3.63, 3.8) is 0 Å². The Hall–Kier alpha value is -3.10. The van der Waals surface area contributed by atoms with Gasteiger partial charge >= 0.3 is 12.1 Å². The number of aromatic nitrogens is 2. The molecule has 0 unspecified atom stereocenters. The van der Waals surface area contributed by atoms with Crippen molar-refractivity contribution in [2.24, 2.45) is 10.7 Å². The molecule has 1 heterocycles. The van der Waals surface area contributed by atoms with Crippen molar-refractivity contribution < 1.29 is 31.1 Å². The van der Waals surface area contributed by atoms with E-state index in [1.807, 2.05) is 0 Å². The van der Waals surface area contributed by atoms with E-state index in [2.05, 4.69) is 31.1 Å². The van der Waals surface area contributed by atoms with Crippen molar-refractivity contribution in [1.29, 1.82) is 0 Å². The predicted octanol–water partition coefficient (Wildman–Crippen LogP) is 4.88. The Labute approximate surface area is 216 Å². The van der Waals surface area contributed by atoms with Crippen LogP contribution in [0, 0.1) is 0 Å². The molecular formula is C22H18BrF3N4O4S2. The average Bonchev–Trinajstić information content (AvgIpc) is 3.31. The highest BCUT2D eigenvalue weighted by atomic mass is 79.9. The third kappa shape index (κ3) is 6.36. The first-order valence-corrected chi connectivity index (χ1v) is 13.5. The van der Waals surface area contributed by atoms with Gasteiger partial charge in [0.2, 0.25) is 0 Å². The standard InChI is InChI=1S/C22H18BrF3N4O4S2/c1-3-34-21(31)17(27)16(23)18(28-15-10-5-4-9-14(15)22(24,25)26)20-30-29-19(35-20)12-7-6-8-13(11-12)36(2,32)33/h4-11H,3,27H2,1-2H3. The summed E-state index contributed by atoms with van der Waals surface area (Å²) in [6.07, 6.45) is -3.65. The van der Waals surface area contributed by atoms with E-state index in [9.17, 15) is 26.4 Å². The van der Waals surface area contributed by atoms with Gasteiger partial charge in [0.1, 0.15) is 16.4 Å². The zero-order chi connectivity index (χ0) is 26.7. The molecule has 0 fully saturated rings. The number of alkyl halides is 3. The number of sulfone groups is 1. The van der Waals surface area contributed by atoms with Crippen LogP contribution < -0.4 is 5.73 Å². The molecule has 14 heteroatoms. The lowest BCUT2D eigenvalue weighted by molar-refractivity contribution is -0.139. The Balaban J connectivity index is 2.20. The molecule has 0 aliphatic rings. The van der Waals surface area contributed by atoms with Gasteiger partial charge in [0.05, 0.1) is 27.2 Å². The summed E-state index contributed by atoms with van der Waals surface area (Å²) < 4.78 is 69.3. The number of aliphatic imine (C=N–C) groups is 1. The fraction of sp³-hybridized carbons (Fsp3) is 0.182. The molecule has 3 rings (SSSR count). The van der Waals surface area contributed by atoms with Crippen LogP contribution >= 0.6 is 27.3 Å². The molecule has 0 atom stereocenters. The van der Waals surface area contributed by atoms with Gasteiger partial charge in [-0.2, -0.15) is 13.2 Å². The molecule has 1 aromatic heterocycles. The van der Waals surface area contributed by atoms with Crippen LogP contribution in [0.2, 0.25) is 0 Å². The number of allylic oxidation sites excluding steroid dienone is 1. The van der Waals surface area contributed by atoms with Gasteiger partial charge in [0, 0.05) is 11.8 Å². The molecular weight excluding hydrogens is 585 g/mol. The van der Waals surface area contributed by atoms with Gasteiger partial charge in [-0.15, -0.1) is 10.2 Å². The second-order valence-electron chi connectivity index (χ2n) is 7.14. The van der Waals surface area contributed by atoms with Gasteiger partial charge in [-0.1, -0.05) is 35.6 Å². The number of carbonyl (C=O) groups is 1. The van der Waals surface area contributed by atoms with Crippen LogP contribution in [0.1, 0.15) is 17.5 Å². The van der Waals surface area contributed by atoms with E-state index in [-0.39, 0.29) is 31.7 Å². The zero-order valence-corrected chi connectivity index (χ0v) is 21.9. The highest BCUT2D eigenvalue weighted by Gasteiger charge is 2.34. The van der Waals surface area contributed by atoms with Gasteiger partial charge in [-0.25, -0.2) is 18.2 Å². The minimum atomic E-state index is -4.70. The largest absolute Gasteiger partial charge is 0.461 e. The minimum absolute atomic E-state index is 0.0167. The van der Waals surface area contributed by atoms with Gasteiger partial charge in [0.25, 0.3) is 0 Å². The number of hydrogen-bond acceptors (Lipinski definition) is 9. The number of para-hydroxylation sites is 1. The van der Waals surface area contributed by atoms with Crippen molar-refractivity contribution in [3.05, 3.63) is 69.3 Å². The fourth-order valence-corrected chi connectivity index (χ4v) is 4.92. The van der Waals surface area contributed by atoms with Crippen LogP contribution in [0.25, 0.3) is 10.6 Å². The van der Waals surface area contributed by atoms with Crippen molar-refractivity contribution in [2.75, 3.05) is 12.9 Å². The van der Waals surface area contributed by atoms with Gasteiger partial charge < -0.3 is 10.5 Å². The molecule has 3 aromatic rings. The Morgan fingerprint density at radius 2 is 1.86 bits per heavy atom. The lowest BCUT2D eigenvalue weighted by Gasteiger charge is -2.11. The number of nitrogens with zero attached hydrogens (tertiary/aromatic N) is 3. The third-order valence-corrected chi connectivity index (χ3v) is 7.41. The van der Waals surface area contributed by atoms with Crippen LogP contribution in [0.4, 0.5) is 18.9 Å². The maximum atomic E-state index is 13.6. The highest BCUT2D eigenvalue weighted by Crippen LogP contribution is 2.37. The maximum absolute atomic E-state index is 13.6. The number of hydrogen-bond donors (Lipinski definition) is 1. The Morgan fingerprint density at radius 1 is 1.17 bits per heavy atom. The molecule has 0 radical (unpaired) electrons. The quantitative estimate of drug-likeness (QED) is 0.232. The van der Waals surface area contributed by atoms with Crippen LogP contribution in [-0.4, -0.2) is 43.2 Å². The van der Waals surface area contributed by atoms with Gasteiger partial charge in [-0.05, 0) is 47.1 Å². The maximum Gasteiger partial charge on any atom is 0.418 e. The summed E-state index contributed by atoms with van der Waals surface area (Å²) in [6, 6.07) is 10.6. The Bertz CT molecular complexity index is 1470. The molecule has 36 heavy (non-hydrogen) atoms. The first-order valence-electron chi connectivity index (χ1n) is 10.0. The topological polar surface area (TPSA) is 125 Å². The van der Waals surface area contributed by atoms with E-state index in [0.29, 0.717) is 5.56 Å². The second kappa shape index (κ2) is 10.9. The molecule has 0 spiro atoms. The predicted molar refractivity (Wildman–Crippen MR) is 133 cm³/mol. The highest BCUT2D eigenvalue weighted by molar-refractivity contribution is 9.12. The molecule has 0 saturated carbocycles. The van der Waals surface area contributed by atoms with E-state index in [4.69, 9.17) is 10.5 Å². The number of carbonyl (C=O) groups excluding carboxylic acids is 1. The first-order chi connectivity index (χ1) is 16.8. The number of rotatable bonds is 7. The molecule has 190 valence electrons. The van der Waals surface area contributed by atoms with Crippen LogP contribution in [0.15, 0.2) is 68.6 Å². The number of ether oxygens (including phenoxy) is 1. The lowest BCUT2D eigenvalue weighted by Crippen LogP contribution is -2.19. The van der Waals surface area contributed by atoms with E-state index in [1.165, 1.54) is 30.3 Å². The average molecular weight is 603 g/mol.